The van der Waals surface area contributed by atoms with Crippen molar-refractivity contribution in [3.63, 3.8) is 0 Å². The third kappa shape index (κ3) is 6.99. The first kappa shape index (κ1) is 25.6. The predicted molar refractivity (Wildman–Crippen MR) is 128 cm³/mol. The highest BCUT2D eigenvalue weighted by Crippen LogP contribution is 2.39. The third-order valence-electron chi connectivity index (χ3n) is 5.51. The van der Waals surface area contributed by atoms with Crippen LogP contribution in [0.3, 0.4) is 0 Å². The van der Waals surface area contributed by atoms with Crippen LogP contribution in [0.1, 0.15) is 24.0 Å². The second-order valence-electron chi connectivity index (χ2n) is 8.00. The van der Waals surface area contributed by atoms with Gasteiger partial charge in [-0.1, -0.05) is 6.07 Å². The first-order valence-corrected chi connectivity index (χ1v) is 11.5. The first-order chi connectivity index (χ1) is 16.5. The van der Waals surface area contributed by atoms with E-state index in [1.807, 2.05) is 18.2 Å². The number of ether oxygens (including phenoxy) is 4. The second-order valence-corrected chi connectivity index (χ2v) is 8.00. The molecule has 1 aliphatic heterocycles. The highest BCUT2D eigenvalue weighted by atomic mass is 16.5. The molecule has 2 aromatic rings. The molecule has 0 aliphatic carbocycles. The number of aliphatic hydroxyl groups is 2. The zero-order valence-electron chi connectivity index (χ0n) is 19.8. The average Bonchev–Trinajstić information content (AvgIpc) is 2.85. The van der Waals surface area contributed by atoms with E-state index in [1.165, 1.54) is 0 Å². The van der Waals surface area contributed by atoms with Crippen molar-refractivity contribution >= 4 is 11.6 Å². The predicted octanol–water partition coefficient (Wildman–Crippen LogP) is 1.92. The number of carbonyl (C=O) groups is 1. The first-order valence-electron chi connectivity index (χ1n) is 11.5. The van der Waals surface area contributed by atoms with Crippen molar-refractivity contribution in [2.75, 3.05) is 52.4 Å². The molecule has 0 radical (unpaired) electrons. The van der Waals surface area contributed by atoms with Crippen molar-refractivity contribution in [2.45, 2.75) is 31.8 Å². The van der Waals surface area contributed by atoms with E-state index in [4.69, 9.17) is 24.1 Å². The number of aliphatic hydroxyl groups excluding tert-OH is 2. The Labute approximate surface area is 200 Å². The molecule has 0 saturated carbocycles. The zero-order chi connectivity index (χ0) is 24.3. The normalized spacial score (nSPS) is 13.6. The Morgan fingerprint density at radius 2 is 1.79 bits per heavy atom. The van der Waals surface area contributed by atoms with Gasteiger partial charge in [0.25, 0.3) is 0 Å². The summed E-state index contributed by atoms with van der Waals surface area (Å²) in [7, 11) is 3.22. The number of carbonyl (C=O) groups excluding carboxylic acids is 1. The lowest BCUT2D eigenvalue weighted by Crippen LogP contribution is -2.32. The molecule has 4 N–H and O–H groups in total. The van der Waals surface area contributed by atoms with Gasteiger partial charge in [0, 0.05) is 31.6 Å². The van der Waals surface area contributed by atoms with Gasteiger partial charge in [0.1, 0.15) is 24.2 Å². The maximum atomic E-state index is 11.9. The highest BCUT2D eigenvalue weighted by Gasteiger charge is 2.23. The summed E-state index contributed by atoms with van der Waals surface area (Å²) in [4.78, 5) is 11.9. The summed E-state index contributed by atoms with van der Waals surface area (Å²) in [6, 6.07) is 9.34. The summed E-state index contributed by atoms with van der Waals surface area (Å²) in [6.07, 6.45) is 1.49. The molecule has 0 bridgehead atoms. The molecular weight excluding hydrogens is 440 g/mol. The van der Waals surface area contributed by atoms with Crippen LogP contribution >= 0.6 is 0 Å². The summed E-state index contributed by atoms with van der Waals surface area (Å²) in [5, 5.41) is 25.4. The molecule has 3 rings (SSSR count). The Morgan fingerprint density at radius 3 is 2.56 bits per heavy atom. The SMILES string of the molecule is COc1ccc(CCNCC(O)COc2ccc(OCCCO)c3c2CCC(=O)N3)cc1OC. The molecule has 2 aromatic carbocycles. The number of hydrogen-bond donors (Lipinski definition) is 4. The van der Waals surface area contributed by atoms with Gasteiger partial charge in [-0.25, -0.2) is 0 Å². The number of methoxy groups -OCH3 is 2. The summed E-state index contributed by atoms with van der Waals surface area (Å²) < 4.78 is 22.2. The Balaban J connectivity index is 1.48. The molecule has 0 spiro atoms. The van der Waals surface area contributed by atoms with Crippen LogP contribution in [0.2, 0.25) is 0 Å². The Hall–Kier alpha value is -3.01. The van der Waals surface area contributed by atoms with Gasteiger partial charge in [0.05, 0.1) is 26.5 Å². The average molecular weight is 475 g/mol. The number of hydrogen-bond acceptors (Lipinski definition) is 8. The molecule has 0 fully saturated rings. The summed E-state index contributed by atoms with van der Waals surface area (Å²) in [5.74, 6) is 2.49. The minimum atomic E-state index is -0.695. The Morgan fingerprint density at radius 1 is 1.03 bits per heavy atom. The van der Waals surface area contributed by atoms with Crippen molar-refractivity contribution in [2.24, 2.45) is 0 Å². The molecular formula is C25H34N2O7. The number of benzene rings is 2. The van der Waals surface area contributed by atoms with E-state index in [-0.39, 0.29) is 19.1 Å². The van der Waals surface area contributed by atoms with Gasteiger partial charge >= 0.3 is 0 Å². The van der Waals surface area contributed by atoms with E-state index in [9.17, 15) is 9.90 Å². The number of fused-ring (bicyclic) bond motifs is 1. The topological polar surface area (TPSA) is 119 Å². The standard InChI is InChI=1S/C25H34N2O7/c1-31-21-6-4-17(14-23(21)32-2)10-11-26-15-18(29)16-34-20-7-8-22(33-13-3-12-28)25-19(20)5-9-24(30)27-25/h4,6-8,14,18,26,28-29H,3,5,9-13,15-16H2,1-2H3,(H,27,30). The minimum Gasteiger partial charge on any atom is -0.493 e. The summed E-state index contributed by atoms with van der Waals surface area (Å²) in [5.41, 5.74) is 2.56. The number of anilines is 1. The van der Waals surface area contributed by atoms with Gasteiger partial charge in [-0.2, -0.15) is 0 Å². The highest BCUT2D eigenvalue weighted by molar-refractivity contribution is 5.96. The molecule has 0 aromatic heterocycles. The monoisotopic (exact) mass is 474 g/mol. The third-order valence-corrected chi connectivity index (χ3v) is 5.51. The number of amides is 1. The van der Waals surface area contributed by atoms with Gasteiger partial charge in [0.2, 0.25) is 5.91 Å². The van der Waals surface area contributed by atoms with E-state index in [2.05, 4.69) is 10.6 Å². The van der Waals surface area contributed by atoms with Crippen molar-refractivity contribution in [3.05, 3.63) is 41.5 Å². The van der Waals surface area contributed by atoms with Crippen molar-refractivity contribution in [3.8, 4) is 23.0 Å². The lowest BCUT2D eigenvalue weighted by Gasteiger charge is -2.23. The van der Waals surface area contributed by atoms with E-state index in [0.29, 0.717) is 67.6 Å². The quantitative estimate of drug-likeness (QED) is 0.307. The van der Waals surface area contributed by atoms with Gasteiger partial charge < -0.3 is 39.8 Å². The lowest BCUT2D eigenvalue weighted by molar-refractivity contribution is -0.116. The van der Waals surface area contributed by atoms with Gasteiger partial charge in [-0.15, -0.1) is 0 Å². The minimum absolute atomic E-state index is 0.0377. The van der Waals surface area contributed by atoms with Crippen LogP contribution in [0.5, 0.6) is 23.0 Å². The van der Waals surface area contributed by atoms with E-state index in [0.717, 1.165) is 17.5 Å². The van der Waals surface area contributed by atoms with Crippen LogP contribution in [-0.2, 0) is 17.6 Å². The second kappa shape index (κ2) is 13.0. The van der Waals surface area contributed by atoms with Crippen LogP contribution in [-0.4, -0.2) is 69.4 Å². The van der Waals surface area contributed by atoms with Crippen molar-refractivity contribution in [1.82, 2.24) is 5.32 Å². The molecule has 1 heterocycles. The number of nitrogens with one attached hydrogen (secondary N) is 2. The molecule has 34 heavy (non-hydrogen) atoms. The van der Waals surface area contributed by atoms with Crippen LogP contribution in [0.25, 0.3) is 0 Å². The summed E-state index contributed by atoms with van der Waals surface area (Å²) >= 11 is 0. The molecule has 1 amide bonds. The zero-order valence-corrected chi connectivity index (χ0v) is 19.8. The van der Waals surface area contributed by atoms with E-state index in [1.54, 1.807) is 26.4 Å². The van der Waals surface area contributed by atoms with Crippen LogP contribution in [0.4, 0.5) is 5.69 Å². The van der Waals surface area contributed by atoms with E-state index < -0.39 is 6.10 Å². The molecule has 0 saturated heterocycles. The van der Waals surface area contributed by atoms with E-state index >= 15 is 0 Å². The molecule has 1 unspecified atom stereocenters. The fraction of sp³-hybridized carbons (Fsp3) is 0.480. The largest absolute Gasteiger partial charge is 0.493 e. The Bertz CT molecular complexity index is 951. The van der Waals surface area contributed by atoms with Gasteiger partial charge in [0.15, 0.2) is 11.5 Å². The maximum absolute atomic E-state index is 11.9. The van der Waals surface area contributed by atoms with Crippen LogP contribution in [0.15, 0.2) is 30.3 Å². The fourth-order valence-corrected chi connectivity index (χ4v) is 3.72. The van der Waals surface area contributed by atoms with Gasteiger partial charge in [-0.3, -0.25) is 4.79 Å². The van der Waals surface area contributed by atoms with Gasteiger partial charge in [-0.05, 0) is 49.2 Å². The Kier molecular flexibility index (Phi) is 9.81. The molecule has 9 nitrogen and oxygen atoms in total. The fourth-order valence-electron chi connectivity index (χ4n) is 3.72. The smallest absolute Gasteiger partial charge is 0.224 e. The maximum Gasteiger partial charge on any atom is 0.224 e. The molecule has 186 valence electrons. The summed E-state index contributed by atoms with van der Waals surface area (Å²) in [6.45, 7) is 1.58. The van der Waals surface area contributed by atoms with Crippen molar-refractivity contribution < 1.29 is 34.0 Å². The molecule has 1 atom stereocenters. The molecule has 9 heteroatoms. The lowest BCUT2D eigenvalue weighted by atomic mass is 10.0. The molecule has 1 aliphatic rings. The van der Waals surface area contributed by atoms with Crippen LogP contribution < -0.4 is 29.6 Å². The van der Waals surface area contributed by atoms with Crippen molar-refractivity contribution in [1.29, 1.82) is 0 Å². The van der Waals surface area contributed by atoms with Crippen LogP contribution in [0, 0.1) is 0 Å². The number of rotatable bonds is 14.